The Balaban J connectivity index is 1.77. The van der Waals surface area contributed by atoms with E-state index in [1.165, 1.54) is 12.3 Å². The topological polar surface area (TPSA) is 66.0 Å². The fourth-order valence-corrected chi connectivity index (χ4v) is 2.82. The van der Waals surface area contributed by atoms with Gasteiger partial charge in [0.15, 0.2) is 0 Å². The Labute approximate surface area is 151 Å². The van der Waals surface area contributed by atoms with Crippen molar-refractivity contribution in [2.75, 3.05) is 0 Å². The van der Waals surface area contributed by atoms with Crippen LogP contribution in [-0.4, -0.2) is 21.2 Å². The summed E-state index contributed by atoms with van der Waals surface area (Å²) in [6, 6.07) is 10.7. The van der Waals surface area contributed by atoms with E-state index in [0.29, 0.717) is 11.1 Å². The average Bonchev–Trinajstić information content (AvgIpc) is 2.62. The molecule has 0 aliphatic carbocycles. The van der Waals surface area contributed by atoms with Crippen molar-refractivity contribution in [2.24, 2.45) is 0 Å². The molecule has 0 saturated heterocycles. The maximum atomic E-state index is 14.4. The number of halogens is 1. The Morgan fingerprint density at radius 1 is 1.23 bits per heavy atom. The lowest BCUT2D eigenvalue weighted by atomic mass is 10.0. The van der Waals surface area contributed by atoms with Gasteiger partial charge >= 0.3 is 5.69 Å². The van der Waals surface area contributed by atoms with Crippen molar-refractivity contribution in [2.45, 2.75) is 32.3 Å². The standard InChI is InChI=1S/C21H21FN2O2/c1-14(25)5-3-2-4-6-15-7-8-17(12-19(15)22)16-9-10-20-18(11-16)13-23-21(26)24-20/h4,6-14,25H,2-3,5H2,1H3,(H,23,24,26)/b6-4+. The Bertz CT molecular complexity index is 993. The second-order valence-corrected chi connectivity index (χ2v) is 6.41. The summed E-state index contributed by atoms with van der Waals surface area (Å²) in [5.74, 6) is -0.283. The molecule has 0 saturated carbocycles. The first kappa shape index (κ1) is 18.0. The number of hydrogen-bond acceptors (Lipinski definition) is 3. The second-order valence-electron chi connectivity index (χ2n) is 6.41. The van der Waals surface area contributed by atoms with E-state index in [1.54, 1.807) is 25.1 Å². The van der Waals surface area contributed by atoms with Gasteiger partial charge in [0, 0.05) is 17.1 Å². The van der Waals surface area contributed by atoms with Crippen molar-refractivity contribution in [3.63, 3.8) is 0 Å². The number of aliphatic hydroxyl groups is 1. The molecular weight excluding hydrogens is 331 g/mol. The van der Waals surface area contributed by atoms with Gasteiger partial charge in [-0.05, 0) is 55.5 Å². The Kier molecular flexibility index (Phi) is 5.58. The predicted molar refractivity (Wildman–Crippen MR) is 102 cm³/mol. The van der Waals surface area contributed by atoms with Crippen molar-refractivity contribution >= 4 is 17.0 Å². The van der Waals surface area contributed by atoms with Crippen LogP contribution in [0.1, 0.15) is 31.7 Å². The number of rotatable bonds is 6. The van der Waals surface area contributed by atoms with E-state index < -0.39 is 0 Å². The number of nitrogens with zero attached hydrogens (tertiary/aromatic N) is 1. The normalized spacial score (nSPS) is 12.7. The zero-order valence-electron chi connectivity index (χ0n) is 14.6. The lowest BCUT2D eigenvalue weighted by molar-refractivity contribution is 0.182. The molecule has 4 nitrogen and oxygen atoms in total. The number of aliphatic hydroxyl groups excluding tert-OH is 1. The average molecular weight is 352 g/mol. The van der Waals surface area contributed by atoms with Crippen LogP contribution in [0, 0.1) is 5.82 Å². The van der Waals surface area contributed by atoms with Gasteiger partial charge in [0.1, 0.15) is 5.82 Å². The highest BCUT2D eigenvalue weighted by molar-refractivity contribution is 5.83. The summed E-state index contributed by atoms with van der Waals surface area (Å²) in [5.41, 5.74) is 2.48. The molecule has 134 valence electrons. The molecule has 0 bridgehead atoms. The fraction of sp³-hybridized carbons (Fsp3) is 0.238. The number of aromatic amines is 1. The molecule has 0 aliphatic heterocycles. The number of fused-ring (bicyclic) bond motifs is 1. The fourth-order valence-electron chi connectivity index (χ4n) is 2.82. The molecule has 0 aliphatic rings. The number of unbranched alkanes of at least 4 members (excludes halogenated alkanes) is 1. The summed E-state index contributed by atoms with van der Waals surface area (Å²) in [4.78, 5) is 17.6. The van der Waals surface area contributed by atoms with Gasteiger partial charge < -0.3 is 10.1 Å². The van der Waals surface area contributed by atoms with Gasteiger partial charge in [-0.1, -0.05) is 30.4 Å². The summed E-state index contributed by atoms with van der Waals surface area (Å²) < 4.78 is 14.4. The highest BCUT2D eigenvalue weighted by atomic mass is 19.1. The SMILES string of the molecule is CC(O)CCC/C=C/c1ccc(-c2ccc3[nH]c(=O)ncc3c2)cc1F. The third-order valence-corrected chi connectivity index (χ3v) is 4.24. The molecule has 0 radical (unpaired) electrons. The zero-order valence-corrected chi connectivity index (χ0v) is 14.6. The Morgan fingerprint density at radius 2 is 2.00 bits per heavy atom. The highest BCUT2D eigenvalue weighted by Crippen LogP contribution is 2.25. The number of nitrogens with one attached hydrogen (secondary N) is 1. The van der Waals surface area contributed by atoms with Crippen LogP contribution in [0.4, 0.5) is 4.39 Å². The van der Waals surface area contributed by atoms with Gasteiger partial charge in [0.2, 0.25) is 0 Å². The van der Waals surface area contributed by atoms with Crippen molar-refractivity contribution in [3.8, 4) is 11.1 Å². The highest BCUT2D eigenvalue weighted by Gasteiger charge is 2.05. The largest absolute Gasteiger partial charge is 0.393 e. The van der Waals surface area contributed by atoms with Crippen LogP contribution in [0.2, 0.25) is 0 Å². The maximum absolute atomic E-state index is 14.4. The van der Waals surface area contributed by atoms with Crippen LogP contribution in [0.3, 0.4) is 0 Å². The Morgan fingerprint density at radius 3 is 2.77 bits per heavy atom. The molecule has 0 fully saturated rings. The number of allylic oxidation sites excluding steroid dienone is 1. The van der Waals surface area contributed by atoms with Crippen molar-refractivity contribution in [3.05, 3.63) is 70.5 Å². The summed E-state index contributed by atoms with van der Waals surface area (Å²) in [5, 5.41) is 10.0. The molecule has 0 amide bonds. The van der Waals surface area contributed by atoms with E-state index in [9.17, 15) is 14.3 Å². The minimum atomic E-state index is -0.388. The van der Waals surface area contributed by atoms with Gasteiger partial charge in [-0.3, -0.25) is 0 Å². The zero-order chi connectivity index (χ0) is 18.5. The molecule has 1 aromatic heterocycles. The Hall–Kier alpha value is -2.79. The van der Waals surface area contributed by atoms with Gasteiger partial charge in [-0.2, -0.15) is 0 Å². The van der Waals surface area contributed by atoms with Gasteiger partial charge in [-0.15, -0.1) is 0 Å². The number of hydrogen-bond donors (Lipinski definition) is 2. The van der Waals surface area contributed by atoms with Crippen molar-refractivity contribution < 1.29 is 9.50 Å². The minimum Gasteiger partial charge on any atom is -0.393 e. The van der Waals surface area contributed by atoms with E-state index in [4.69, 9.17) is 0 Å². The number of benzene rings is 2. The lowest BCUT2D eigenvalue weighted by Crippen LogP contribution is -2.08. The van der Waals surface area contributed by atoms with Crippen LogP contribution in [0.25, 0.3) is 28.1 Å². The molecule has 1 heterocycles. The number of H-pyrrole nitrogens is 1. The quantitative estimate of drug-likeness (QED) is 0.650. The van der Waals surface area contributed by atoms with E-state index in [2.05, 4.69) is 9.97 Å². The molecular formula is C21H21FN2O2. The van der Waals surface area contributed by atoms with Gasteiger partial charge in [0.05, 0.1) is 11.6 Å². The molecule has 1 unspecified atom stereocenters. The number of aromatic nitrogens is 2. The molecule has 5 heteroatoms. The van der Waals surface area contributed by atoms with Crippen LogP contribution >= 0.6 is 0 Å². The monoisotopic (exact) mass is 352 g/mol. The van der Waals surface area contributed by atoms with Crippen LogP contribution in [0.15, 0.2) is 53.5 Å². The van der Waals surface area contributed by atoms with Crippen LogP contribution in [-0.2, 0) is 0 Å². The molecule has 3 rings (SSSR count). The predicted octanol–water partition coefficient (Wildman–Crippen LogP) is 4.29. The molecule has 1 atom stereocenters. The van der Waals surface area contributed by atoms with E-state index in [-0.39, 0.29) is 17.6 Å². The van der Waals surface area contributed by atoms with Gasteiger partial charge in [-0.25, -0.2) is 14.2 Å². The van der Waals surface area contributed by atoms with Crippen molar-refractivity contribution in [1.82, 2.24) is 9.97 Å². The van der Waals surface area contributed by atoms with E-state index in [0.717, 1.165) is 35.8 Å². The molecule has 3 aromatic rings. The molecule has 0 spiro atoms. The second kappa shape index (κ2) is 8.06. The molecule has 2 aromatic carbocycles. The molecule has 2 N–H and O–H groups in total. The van der Waals surface area contributed by atoms with Crippen LogP contribution < -0.4 is 5.69 Å². The minimum absolute atomic E-state index is 0.283. The summed E-state index contributed by atoms with van der Waals surface area (Å²) >= 11 is 0. The third-order valence-electron chi connectivity index (χ3n) is 4.24. The molecule has 26 heavy (non-hydrogen) atoms. The summed E-state index contributed by atoms with van der Waals surface area (Å²) in [6.45, 7) is 1.77. The smallest absolute Gasteiger partial charge is 0.345 e. The van der Waals surface area contributed by atoms with Crippen LogP contribution in [0.5, 0.6) is 0 Å². The van der Waals surface area contributed by atoms with Crippen molar-refractivity contribution in [1.29, 1.82) is 0 Å². The first-order valence-electron chi connectivity index (χ1n) is 8.66. The van der Waals surface area contributed by atoms with Gasteiger partial charge in [0.25, 0.3) is 0 Å². The van der Waals surface area contributed by atoms with E-state index >= 15 is 0 Å². The summed E-state index contributed by atoms with van der Waals surface area (Å²) in [6.07, 6.45) is 7.35. The first-order chi connectivity index (χ1) is 12.5. The van der Waals surface area contributed by atoms with E-state index in [1.807, 2.05) is 24.3 Å². The first-order valence-corrected chi connectivity index (χ1v) is 8.66. The third kappa shape index (κ3) is 4.43. The maximum Gasteiger partial charge on any atom is 0.345 e. The lowest BCUT2D eigenvalue weighted by Gasteiger charge is -2.06. The summed E-state index contributed by atoms with van der Waals surface area (Å²) in [7, 11) is 0.